The first-order valence-corrected chi connectivity index (χ1v) is 12.7. The molecule has 6 nitrogen and oxygen atoms in total. The summed E-state index contributed by atoms with van der Waals surface area (Å²) < 4.78 is 46.9. The zero-order valence-corrected chi connectivity index (χ0v) is 19.7. The van der Waals surface area contributed by atoms with E-state index in [1.165, 1.54) is 17.7 Å². The van der Waals surface area contributed by atoms with Crippen LogP contribution in [-0.4, -0.2) is 27.5 Å². The van der Waals surface area contributed by atoms with Crippen LogP contribution < -0.4 is 14.4 Å². The molecule has 1 aliphatic rings. The summed E-state index contributed by atoms with van der Waals surface area (Å²) in [6.45, 7) is 1.92. The highest BCUT2D eigenvalue weighted by Crippen LogP contribution is 2.30. The number of sulfonamides is 1. The topological polar surface area (TPSA) is 75.7 Å². The summed E-state index contributed by atoms with van der Waals surface area (Å²) in [4.78, 5) is 13.0. The first-order chi connectivity index (χ1) is 16.4. The van der Waals surface area contributed by atoms with Gasteiger partial charge in [-0.3, -0.25) is 9.10 Å². The van der Waals surface area contributed by atoms with Gasteiger partial charge in [-0.25, -0.2) is 12.8 Å². The van der Waals surface area contributed by atoms with Crippen LogP contribution in [0, 0.1) is 5.82 Å². The average molecular weight is 483 g/mol. The maximum absolute atomic E-state index is 13.5. The molecule has 0 spiro atoms. The number of aryl methyl sites for hydroxylation is 1. The minimum atomic E-state index is -4.13. The number of ether oxygens (including phenoxy) is 1. The fourth-order valence-corrected chi connectivity index (χ4v) is 5.62. The van der Waals surface area contributed by atoms with Crippen molar-refractivity contribution in [2.45, 2.75) is 37.1 Å². The van der Waals surface area contributed by atoms with Gasteiger partial charge in [-0.05, 0) is 85.8 Å². The van der Waals surface area contributed by atoms with E-state index >= 15 is 0 Å². The maximum Gasteiger partial charge on any atom is 0.264 e. The molecule has 4 rings (SSSR count). The number of benzene rings is 3. The van der Waals surface area contributed by atoms with Crippen molar-refractivity contribution in [3.05, 3.63) is 89.7 Å². The van der Waals surface area contributed by atoms with Gasteiger partial charge < -0.3 is 10.1 Å². The molecule has 3 aromatic carbocycles. The molecule has 0 aromatic heterocycles. The molecule has 1 aliphatic carbocycles. The van der Waals surface area contributed by atoms with Gasteiger partial charge in [-0.1, -0.05) is 24.3 Å². The number of carbonyl (C=O) groups excluding carboxylic acids is 1. The van der Waals surface area contributed by atoms with Gasteiger partial charge in [0.15, 0.2) is 0 Å². The molecule has 178 valence electrons. The van der Waals surface area contributed by atoms with Crippen LogP contribution in [0.5, 0.6) is 5.75 Å². The number of amides is 1. The van der Waals surface area contributed by atoms with Crippen LogP contribution in [0.1, 0.15) is 36.9 Å². The van der Waals surface area contributed by atoms with Crippen LogP contribution in [-0.2, 0) is 21.2 Å². The summed E-state index contributed by atoms with van der Waals surface area (Å²) >= 11 is 0. The number of nitrogens with zero attached hydrogens (tertiary/aromatic N) is 1. The molecule has 0 saturated carbocycles. The number of halogens is 1. The van der Waals surface area contributed by atoms with E-state index in [9.17, 15) is 17.6 Å². The van der Waals surface area contributed by atoms with Gasteiger partial charge >= 0.3 is 0 Å². The molecule has 0 fully saturated rings. The Morgan fingerprint density at radius 3 is 2.47 bits per heavy atom. The number of hydrogen-bond donors (Lipinski definition) is 1. The van der Waals surface area contributed by atoms with Gasteiger partial charge in [0.05, 0.1) is 23.2 Å². The lowest BCUT2D eigenvalue weighted by Gasteiger charge is -2.29. The van der Waals surface area contributed by atoms with Crippen molar-refractivity contribution in [3.63, 3.8) is 0 Å². The fraction of sp³-hybridized carbons (Fsp3) is 0.269. The smallest absolute Gasteiger partial charge is 0.264 e. The Balaban J connectivity index is 1.62. The maximum atomic E-state index is 13.5. The third-order valence-corrected chi connectivity index (χ3v) is 7.62. The van der Waals surface area contributed by atoms with Crippen molar-refractivity contribution in [1.29, 1.82) is 0 Å². The minimum absolute atomic E-state index is 0.0985. The Kier molecular flexibility index (Phi) is 7.17. The first-order valence-electron chi connectivity index (χ1n) is 11.3. The number of hydrogen-bond acceptors (Lipinski definition) is 4. The van der Waals surface area contributed by atoms with Crippen LogP contribution in [0.4, 0.5) is 10.1 Å². The van der Waals surface area contributed by atoms with Gasteiger partial charge in [0, 0.05) is 0 Å². The third-order valence-electron chi connectivity index (χ3n) is 5.83. The second-order valence-electron chi connectivity index (χ2n) is 8.10. The summed E-state index contributed by atoms with van der Waals surface area (Å²) in [5.41, 5.74) is 2.57. The molecule has 0 bridgehead atoms. The molecule has 0 aliphatic heterocycles. The zero-order valence-electron chi connectivity index (χ0n) is 18.9. The minimum Gasteiger partial charge on any atom is -0.494 e. The van der Waals surface area contributed by atoms with Gasteiger partial charge in [0.1, 0.15) is 18.1 Å². The van der Waals surface area contributed by atoms with Crippen LogP contribution in [0.2, 0.25) is 0 Å². The van der Waals surface area contributed by atoms with Gasteiger partial charge in [-0.15, -0.1) is 0 Å². The van der Waals surface area contributed by atoms with Crippen molar-refractivity contribution < 1.29 is 22.3 Å². The lowest BCUT2D eigenvalue weighted by molar-refractivity contribution is -0.120. The fourth-order valence-electron chi connectivity index (χ4n) is 4.20. The van der Waals surface area contributed by atoms with Crippen molar-refractivity contribution in [1.82, 2.24) is 5.32 Å². The van der Waals surface area contributed by atoms with E-state index in [2.05, 4.69) is 11.4 Å². The molecular weight excluding hydrogens is 455 g/mol. The predicted octanol–water partition coefficient (Wildman–Crippen LogP) is 4.61. The Hall–Kier alpha value is -3.39. The highest BCUT2D eigenvalue weighted by molar-refractivity contribution is 7.92. The molecule has 1 N–H and O–H groups in total. The molecule has 3 aromatic rings. The normalized spacial score (nSPS) is 15.3. The number of anilines is 1. The molecule has 0 saturated heterocycles. The zero-order chi connectivity index (χ0) is 24.1. The van der Waals surface area contributed by atoms with Gasteiger partial charge in [0.2, 0.25) is 5.91 Å². The Bertz CT molecular complexity index is 1240. The number of fused-ring (bicyclic) bond motifs is 1. The second kappa shape index (κ2) is 10.3. The van der Waals surface area contributed by atoms with Crippen molar-refractivity contribution in [2.75, 3.05) is 17.5 Å². The average Bonchev–Trinajstić information content (AvgIpc) is 2.84. The van der Waals surface area contributed by atoms with E-state index in [-0.39, 0.29) is 10.9 Å². The molecule has 1 atom stereocenters. The van der Waals surface area contributed by atoms with E-state index in [1.807, 2.05) is 25.1 Å². The van der Waals surface area contributed by atoms with Crippen molar-refractivity contribution >= 4 is 21.6 Å². The van der Waals surface area contributed by atoms with Gasteiger partial charge in [0.25, 0.3) is 10.0 Å². The summed E-state index contributed by atoms with van der Waals surface area (Å²) in [7, 11) is -4.13. The Morgan fingerprint density at radius 1 is 1.06 bits per heavy atom. The Labute approximate surface area is 199 Å². The lowest BCUT2D eigenvalue weighted by Crippen LogP contribution is -2.42. The summed E-state index contributed by atoms with van der Waals surface area (Å²) in [6.07, 6.45) is 2.69. The van der Waals surface area contributed by atoms with Crippen LogP contribution >= 0.6 is 0 Å². The van der Waals surface area contributed by atoms with Crippen LogP contribution in [0.25, 0.3) is 0 Å². The third kappa shape index (κ3) is 5.22. The highest BCUT2D eigenvalue weighted by Gasteiger charge is 2.29. The number of nitrogens with one attached hydrogen (secondary N) is 1. The molecule has 0 radical (unpaired) electrons. The van der Waals surface area contributed by atoms with E-state index in [4.69, 9.17) is 4.74 Å². The van der Waals surface area contributed by atoms with E-state index < -0.39 is 28.3 Å². The van der Waals surface area contributed by atoms with E-state index in [0.29, 0.717) is 18.0 Å². The number of carbonyl (C=O) groups is 1. The highest BCUT2D eigenvalue weighted by atomic mass is 32.2. The summed E-state index contributed by atoms with van der Waals surface area (Å²) in [5.74, 6) is -0.366. The SMILES string of the molecule is CCOc1ccc(N(CC(=O)N[C@@H]2CCCc3ccccc32)S(=O)(=O)c2ccc(F)cc2)cc1. The van der Waals surface area contributed by atoms with Crippen LogP contribution in [0.15, 0.2) is 77.7 Å². The molecule has 0 heterocycles. The predicted molar refractivity (Wildman–Crippen MR) is 129 cm³/mol. The van der Waals surface area contributed by atoms with E-state index in [1.54, 1.807) is 24.3 Å². The summed E-state index contributed by atoms with van der Waals surface area (Å²) in [6, 6.07) is 18.9. The lowest BCUT2D eigenvalue weighted by atomic mass is 9.88. The monoisotopic (exact) mass is 482 g/mol. The second-order valence-corrected chi connectivity index (χ2v) is 9.97. The largest absolute Gasteiger partial charge is 0.494 e. The molecule has 34 heavy (non-hydrogen) atoms. The van der Waals surface area contributed by atoms with Crippen molar-refractivity contribution in [2.24, 2.45) is 0 Å². The van der Waals surface area contributed by atoms with Crippen molar-refractivity contribution in [3.8, 4) is 5.75 Å². The molecular formula is C26H27FN2O4S. The summed E-state index contributed by atoms with van der Waals surface area (Å²) in [5, 5.41) is 3.01. The molecule has 1 amide bonds. The number of rotatable bonds is 8. The first kappa shape index (κ1) is 23.8. The Morgan fingerprint density at radius 2 is 1.76 bits per heavy atom. The molecule has 0 unspecified atom stereocenters. The van der Waals surface area contributed by atoms with E-state index in [0.717, 1.165) is 41.3 Å². The quantitative estimate of drug-likeness (QED) is 0.509. The molecule has 8 heteroatoms. The van der Waals surface area contributed by atoms with Crippen LogP contribution in [0.3, 0.4) is 0 Å². The standard InChI is InChI=1S/C26H27FN2O4S/c1-2-33-22-14-12-21(13-15-22)29(34(31,32)23-16-10-20(27)11-17-23)18-26(30)28-25-9-5-7-19-6-3-4-8-24(19)25/h3-4,6,8,10-17,25H,2,5,7,9,18H2,1H3,(H,28,30)/t25-/m1/s1. The van der Waals surface area contributed by atoms with Gasteiger partial charge in [-0.2, -0.15) is 0 Å².